The van der Waals surface area contributed by atoms with Crippen molar-refractivity contribution in [2.24, 2.45) is 5.92 Å². The molecule has 1 unspecified atom stereocenters. The Hall–Kier alpha value is -2.74. The third-order valence-corrected chi connectivity index (χ3v) is 5.87. The maximum absolute atomic E-state index is 14.5. The second kappa shape index (κ2) is 7.26. The number of amides is 1. The number of aliphatic hydroxyl groups excluding tert-OH is 1. The maximum Gasteiger partial charge on any atom is 0.294 e. The summed E-state index contributed by atoms with van der Waals surface area (Å²) in [6.07, 6.45) is 3.16. The number of ketones is 1. The van der Waals surface area contributed by atoms with E-state index in [-0.39, 0.29) is 17.3 Å². The van der Waals surface area contributed by atoms with E-state index in [1.807, 2.05) is 6.26 Å². The summed E-state index contributed by atoms with van der Waals surface area (Å²) < 4.78 is 41.8. The van der Waals surface area contributed by atoms with Crippen LogP contribution in [0, 0.1) is 23.4 Å². The summed E-state index contributed by atoms with van der Waals surface area (Å²) >= 11 is 1.49. The predicted molar refractivity (Wildman–Crippen MR) is 102 cm³/mol. The summed E-state index contributed by atoms with van der Waals surface area (Å²) in [5.41, 5.74) is -0.232. The molecule has 1 atom stereocenters. The van der Waals surface area contributed by atoms with E-state index in [9.17, 15) is 27.9 Å². The van der Waals surface area contributed by atoms with E-state index >= 15 is 0 Å². The van der Waals surface area contributed by atoms with E-state index in [0.717, 1.165) is 15.9 Å². The van der Waals surface area contributed by atoms with Crippen LogP contribution in [0.1, 0.15) is 24.4 Å². The molecule has 1 saturated carbocycles. The lowest BCUT2D eigenvalue weighted by Crippen LogP contribution is -2.32. The molecule has 0 aromatic heterocycles. The number of carbonyl (C=O) groups excluding carboxylic acids is 2. The minimum atomic E-state index is -1.73. The highest BCUT2D eigenvalue weighted by molar-refractivity contribution is 7.98. The third-order valence-electron chi connectivity index (χ3n) is 5.13. The largest absolute Gasteiger partial charge is 0.503 e. The highest BCUT2D eigenvalue weighted by Gasteiger charge is 2.48. The predicted octanol–water partition coefficient (Wildman–Crippen LogP) is 4.70. The van der Waals surface area contributed by atoms with Crippen molar-refractivity contribution in [3.8, 4) is 0 Å². The molecular weight excluding hydrogens is 403 g/mol. The molecule has 2 aliphatic rings. The van der Waals surface area contributed by atoms with Crippen molar-refractivity contribution < 1.29 is 27.9 Å². The first-order chi connectivity index (χ1) is 13.8. The minimum Gasteiger partial charge on any atom is -0.503 e. The van der Waals surface area contributed by atoms with Gasteiger partial charge >= 0.3 is 0 Å². The zero-order valence-corrected chi connectivity index (χ0v) is 16.1. The maximum atomic E-state index is 14.5. The quantitative estimate of drug-likeness (QED) is 0.564. The van der Waals surface area contributed by atoms with Gasteiger partial charge in [-0.3, -0.25) is 14.5 Å². The topological polar surface area (TPSA) is 57.6 Å². The number of nitrogens with zero attached hydrogens (tertiary/aromatic N) is 1. The number of aliphatic hydroxyl groups is 1. The smallest absolute Gasteiger partial charge is 0.294 e. The van der Waals surface area contributed by atoms with E-state index in [4.69, 9.17) is 0 Å². The Morgan fingerprint density at radius 2 is 1.72 bits per heavy atom. The number of thioether (sulfide) groups is 1. The molecule has 2 aromatic rings. The third kappa shape index (κ3) is 3.21. The number of anilines is 1. The van der Waals surface area contributed by atoms with Gasteiger partial charge in [-0.1, -0.05) is 12.1 Å². The molecule has 0 radical (unpaired) electrons. The van der Waals surface area contributed by atoms with Crippen LogP contribution >= 0.6 is 11.8 Å². The molecule has 4 rings (SSSR count). The van der Waals surface area contributed by atoms with Crippen LogP contribution < -0.4 is 4.90 Å². The summed E-state index contributed by atoms with van der Waals surface area (Å²) in [6.45, 7) is 0. The van der Waals surface area contributed by atoms with E-state index < -0.39 is 40.8 Å². The fraction of sp³-hybridized carbons (Fsp3) is 0.238. The van der Waals surface area contributed by atoms with Crippen molar-refractivity contribution in [1.82, 2.24) is 0 Å². The summed E-state index contributed by atoms with van der Waals surface area (Å²) in [5.74, 6) is -7.19. The van der Waals surface area contributed by atoms with Crippen molar-refractivity contribution in [1.29, 1.82) is 0 Å². The Morgan fingerprint density at radius 1 is 1.07 bits per heavy atom. The first kappa shape index (κ1) is 19.6. The van der Waals surface area contributed by atoms with Crippen molar-refractivity contribution in [2.75, 3.05) is 11.2 Å². The fourth-order valence-corrected chi connectivity index (χ4v) is 3.88. The molecule has 1 aliphatic carbocycles. The summed E-state index contributed by atoms with van der Waals surface area (Å²) in [6, 6.07) is 7.34. The van der Waals surface area contributed by atoms with E-state index in [1.54, 1.807) is 24.3 Å². The van der Waals surface area contributed by atoms with E-state index in [1.165, 1.54) is 11.8 Å². The molecule has 29 heavy (non-hydrogen) atoms. The van der Waals surface area contributed by atoms with Crippen LogP contribution in [0.2, 0.25) is 0 Å². The Kier molecular flexibility index (Phi) is 4.90. The first-order valence-electron chi connectivity index (χ1n) is 8.93. The molecular formula is C21H16F3NO3S. The van der Waals surface area contributed by atoms with Crippen LogP contribution in [0.25, 0.3) is 0 Å². The molecule has 1 heterocycles. The number of Topliss-reactive ketones (excluding diaryl/α,β-unsaturated/α-hetero) is 1. The summed E-state index contributed by atoms with van der Waals surface area (Å²) in [7, 11) is 0. The van der Waals surface area contributed by atoms with Gasteiger partial charge in [0, 0.05) is 10.8 Å². The lowest BCUT2D eigenvalue weighted by molar-refractivity contribution is -0.118. The van der Waals surface area contributed by atoms with Crippen LogP contribution in [0.4, 0.5) is 18.9 Å². The average Bonchev–Trinajstić information content (AvgIpc) is 3.54. The second-order valence-corrected chi connectivity index (χ2v) is 7.83. The van der Waals surface area contributed by atoms with Gasteiger partial charge < -0.3 is 5.11 Å². The Labute approximate surface area is 169 Å². The Morgan fingerprint density at radius 3 is 2.31 bits per heavy atom. The summed E-state index contributed by atoms with van der Waals surface area (Å²) in [4.78, 5) is 27.4. The van der Waals surface area contributed by atoms with Crippen molar-refractivity contribution in [2.45, 2.75) is 23.8 Å². The normalized spacial score (nSPS) is 19.2. The van der Waals surface area contributed by atoms with Gasteiger partial charge in [0.1, 0.15) is 0 Å². The number of benzene rings is 2. The number of carbonyl (C=O) groups is 2. The molecule has 0 bridgehead atoms. The van der Waals surface area contributed by atoms with Gasteiger partial charge in [0.2, 0.25) is 0 Å². The molecule has 150 valence electrons. The van der Waals surface area contributed by atoms with Crippen LogP contribution in [0.3, 0.4) is 0 Å². The van der Waals surface area contributed by atoms with Crippen LogP contribution in [0.5, 0.6) is 0 Å². The molecule has 2 aromatic carbocycles. The molecule has 0 spiro atoms. The van der Waals surface area contributed by atoms with Gasteiger partial charge in [-0.05, 0) is 48.9 Å². The second-order valence-electron chi connectivity index (χ2n) is 6.95. The monoisotopic (exact) mass is 419 g/mol. The number of rotatable bonds is 5. The van der Waals surface area contributed by atoms with Crippen molar-refractivity contribution in [3.05, 3.63) is 70.7 Å². The van der Waals surface area contributed by atoms with Gasteiger partial charge in [-0.2, -0.15) is 0 Å². The zero-order valence-electron chi connectivity index (χ0n) is 15.3. The van der Waals surface area contributed by atoms with E-state index in [2.05, 4.69) is 0 Å². The molecule has 1 amide bonds. The molecule has 0 saturated heterocycles. The average molecular weight is 419 g/mol. The SMILES string of the molecule is CSc1ccc(C2C(C(=O)C3CC3)=C(O)C(=O)N2c2ccc(F)c(F)c2F)cc1. The lowest BCUT2D eigenvalue weighted by atomic mass is 9.94. The van der Waals surface area contributed by atoms with E-state index in [0.29, 0.717) is 24.5 Å². The van der Waals surface area contributed by atoms with Crippen LogP contribution in [-0.4, -0.2) is 23.1 Å². The van der Waals surface area contributed by atoms with Gasteiger partial charge in [-0.25, -0.2) is 13.2 Å². The fourth-order valence-electron chi connectivity index (χ4n) is 3.47. The highest BCUT2D eigenvalue weighted by Crippen LogP contribution is 2.46. The Balaban J connectivity index is 1.88. The number of halogens is 3. The molecule has 1 fully saturated rings. The standard InChI is InChI=1S/C21H16F3NO3S/c1-29-12-6-4-10(5-7-12)18-15(19(26)11-2-3-11)20(27)21(28)25(18)14-9-8-13(22)16(23)17(14)24/h4-9,11,18,27H,2-3H2,1H3. The molecule has 8 heteroatoms. The van der Waals surface area contributed by atoms with Crippen LogP contribution in [-0.2, 0) is 9.59 Å². The minimum absolute atomic E-state index is 0.140. The van der Waals surface area contributed by atoms with Gasteiger partial charge in [0.25, 0.3) is 5.91 Å². The number of hydrogen-bond donors (Lipinski definition) is 1. The van der Waals surface area contributed by atoms with Gasteiger partial charge in [-0.15, -0.1) is 11.8 Å². The van der Waals surface area contributed by atoms with Crippen molar-refractivity contribution in [3.63, 3.8) is 0 Å². The van der Waals surface area contributed by atoms with Crippen molar-refractivity contribution >= 4 is 29.1 Å². The zero-order chi connectivity index (χ0) is 20.9. The number of hydrogen-bond acceptors (Lipinski definition) is 4. The first-order valence-corrected chi connectivity index (χ1v) is 10.2. The Bertz CT molecular complexity index is 1050. The summed E-state index contributed by atoms with van der Waals surface area (Å²) in [5, 5.41) is 10.5. The molecule has 1 aliphatic heterocycles. The van der Waals surface area contributed by atoms with Gasteiger partial charge in [0.05, 0.1) is 17.3 Å². The van der Waals surface area contributed by atoms with Crippen LogP contribution in [0.15, 0.2) is 52.6 Å². The molecule has 1 N–H and O–H groups in total. The molecule has 4 nitrogen and oxygen atoms in total. The highest BCUT2D eigenvalue weighted by atomic mass is 32.2. The van der Waals surface area contributed by atoms with Gasteiger partial charge in [0.15, 0.2) is 29.0 Å². The lowest BCUT2D eigenvalue weighted by Gasteiger charge is -2.27.